The number of para-hydroxylation sites is 1. The summed E-state index contributed by atoms with van der Waals surface area (Å²) in [5.41, 5.74) is 8.06. The first-order chi connectivity index (χ1) is 9.65. The molecule has 0 aromatic heterocycles. The van der Waals surface area contributed by atoms with E-state index in [0.717, 1.165) is 5.69 Å². The zero-order valence-corrected chi connectivity index (χ0v) is 12.4. The molecule has 0 heterocycles. The standard InChI is InChI=1S/C16H24N2O2/c1-18(12-8-5-3-4-6-9-12)14-11-7-10-13(15(14)17)16(19)20-2/h7,10-12H,3-6,8-9,17H2,1-2H3. The highest BCUT2D eigenvalue weighted by atomic mass is 16.5. The minimum absolute atomic E-state index is 0.376. The molecule has 0 aliphatic heterocycles. The van der Waals surface area contributed by atoms with Crippen LogP contribution in [-0.4, -0.2) is 26.2 Å². The largest absolute Gasteiger partial charge is 0.465 e. The van der Waals surface area contributed by atoms with Gasteiger partial charge < -0.3 is 15.4 Å². The lowest BCUT2D eigenvalue weighted by molar-refractivity contribution is 0.0602. The molecule has 1 fully saturated rings. The molecule has 4 nitrogen and oxygen atoms in total. The van der Waals surface area contributed by atoms with E-state index in [9.17, 15) is 4.79 Å². The molecule has 0 radical (unpaired) electrons. The third-order valence-electron chi connectivity index (χ3n) is 4.24. The van der Waals surface area contributed by atoms with Gasteiger partial charge in [0.1, 0.15) is 0 Å². The number of hydrogen-bond acceptors (Lipinski definition) is 4. The second-order valence-corrected chi connectivity index (χ2v) is 5.49. The van der Waals surface area contributed by atoms with Crippen LogP contribution in [0.1, 0.15) is 48.9 Å². The van der Waals surface area contributed by atoms with E-state index in [4.69, 9.17) is 10.5 Å². The molecule has 110 valence electrons. The van der Waals surface area contributed by atoms with E-state index in [1.807, 2.05) is 12.1 Å². The predicted octanol–water partition coefficient (Wildman–Crippen LogP) is 3.21. The van der Waals surface area contributed by atoms with E-state index in [0.29, 0.717) is 17.3 Å². The van der Waals surface area contributed by atoms with Gasteiger partial charge in [-0.3, -0.25) is 0 Å². The monoisotopic (exact) mass is 276 g/mol. The Morgan fingerprint density at radius 3 is 2.50 bits per heavy atom. The van der Waals surface area contributed by atoms with Gasteiger partial charge in [-0.25, -0.2) is 4.79 Å². The molecule has 2 N–H and O–H groups in total. The van der Waals surface area contributed by atoms with Crippen LogP contribution in [-0.2, 0) is 4.74 Å². The zero-order chi connectivity index (χ0) is 14.5. The number of nitrogens with zero attached hydrogens (tertiary/aromatic N) is 1. The molecule has 1 aliphatic rings. The first-order valence-corrected chi connectivity index (χ1v) is 7.34. The number of carbonyl (C=O) groups is 1. The first kappa shape index (κ1) is 14.7. The lowest BCUT2D eigenvalue weighted by atomic mass is 10.0. The number of anilines is 2. The first-order valence-electron chi connectivity index (χ1n) is 7.34. The van der Waals surface area contributed by atoms with Crippen molar-refractivity contribution in [3.05, 3.63) is 23.8 Å². The fourth-order valence-electron chi connectivity index (χ4n) is 2.99. The van der Waals surface area contributed by atoms with Crippen molar-refractivity contribution < 1.29 is 9.53 Å². The second-order valence-electron chi connectivity index (χ2n) is 5.49. The fourth-order valence-corrected chi connectivity index (χ4v) is 2.99. The van der Waals surface area contributed by atoms with Gasteiger partial charge in [-0.1, -0.05) is 31.7 Å². The van der Waals surface area contributed by atoms with E-state index >= 15 is 0 Å². The van der Waals surface area contributed by atoms with E-state index in [2.05, 4.69) is 11.9 Å². The van der Waals surface area contributed by atoms with Gasteiger partial charge >= 0.3 is 5.97 Å². The Hall–Kier alpha value is -1.71. The SMILES string of the molecule is COC(=O)c1cccc(N(C)C2CCCCCC2)c1N. The van der Waals surface area contributed by atoms with Crippen molar-refractivity contribution in [3.63, 3.8) is 0 Å². The number of carbonyl (C=O) groups excluding carboxylic acids is 1. The fraction of sp³-hybridized carbons (Fsp3) is 0.562. The summed E-state index contributed by atoms with van der Waals surface area (Å²) in [5, 5.41) is 0. The van der Waals surface area contributed by atoms with Crippen molar-refractivity contribution >= 4 is 17.3 Å². The Labute approximate surface area is 120 Å². The number of ether oxygens (including phenoxy) is 1. The van der Waals surface area contributed by atoms with Crippen molar-refractivity contribution in [2.24, 2.45) is 0 Å². The molecule has 20 heavy (non-hydrogen) atoms. The number of benzene rings is 1. The van der Waals surface area contributed by atoms with Crippen LogP contribution in [0.25, 0.3) is 0 Å². The number of nitrogen functional groups attached to an aromatic ring is 1. The smallest absolute Gasteiger partial charge is 0.340 e. The molecule has 0 amide bonds. The molecule has 0 spiro atoms. The van der Waals surface area contributed by atoms with E-state index in [1.54, 1.807) is 6.07 Å². The highest BCUT2D eigenvalue weighted by Gasteiger charge is 2.21. The van der Waals surface area contributed by atoms with Crippen molar-refractivity contribution in [2.75, 3.05) is 24.8 Å². The Morgan fingerprint density at radius 2 is 1.90 bits per heavy atom. The maximum Gasteiger partial charge on any atom is 0.340 e. The number of esters is 1. The zero-order valence-electron chi connectivity index (χ0n) is 12.4. The van der Waals surface area contributed by atoms with Crippen molar-refractivity contribution in [3.8, 4) is 0 Å². The minimum atomic E-state index is -0.376. The van der Waals surface area contributed by atoms with Crippen LogP contribution in [0.4, 0.5) is 11.4 Å². The highest BCUT2D eigenvalue weighted by molar-refractivity contribution is 5.98. The molecular formula is C16H24N2O2. The summed E-state index contributed by atoms with van der Waals surface area (Å²) >= 11 is 0. The van der Waals surface area contributed by atoms with Crippen LogP contribution in [0.5, 0.6) is 0 Å². The van der Waals surface area contributed by atoms with Crippen molar-refractivity contribution in [1.29, 1.82) is 0 Å². The summed E-state index contributed by atoms with van der Waals surface area (Å²) in [7, 11) is 3.45. The number of rotatable bonds is 3. The van der Waals surface area contributed by atoms with Gasteiger partial charge in [-0.05, 0) is 25.0 Å². The Balaban J connectivity index is 2.24. The lowest BCUT2D eigenvalue weighted by Gasteiger charge is -2.30. The Kier molecular flexibility index (Phi) is 4.88. The van der Waals surface area contributed by atoms with Crippen LogP contribution < -0.4 is 10.6 Å². The molecule has 1 aliphatic carbocycles. The van der Waals surface area contributed by atoms with E-state index < -0.39 is 0 Å². The number of methoxy groups -OCH3 is 1. The summed E-state index contributed by atoms with van der Waals surface area (Å²) in [4.78, 5) is 13.9. The number of nitrogens with two attached hydrogens (primary N) is 1. The van der Waals surface area contributed by atoms with Crippen LogP contribution in [0.2, 0.25) is 0 Å². The average molecular weight is 276 g/mol. The molecule has 0 unspecified atom stereocenters. The quantitative estimate of drug-likeness (QED) is 0.523. The maximum atomic E-state index is 11.7. The average Bonchev–Trinajstić information content (AvgIpc) is 2.75. The van der Waals surface area contributed by atoms with Gasteiger partial charge in [0, 0.05) is 13.1 Å². The third kappa shape index (κ3) is 3.06. The molecular weight excluding hydrogens is 252 g/mol. The molecule has 1 aromatic carbocycles. The van der Waals surface area contributed by atoms with E-state index in [-0.39, 0.29) is 5.97 Å². The Bertz CT molecular complexity index is 466. The highest BCUT2D eigenvalue weighted by Crippen LogP contribution is 2.31. The van der Waals surface area contributed by atoms with Crippen LogP contribution in [0.3, 0.4) is 0 Å². The lowest BCUT2D eigenvalue weighted by Crippen LogP contribution is -2.32. The van der Waals surface area contributed by atoms with Crippen LogP contribution in [0, 0.1) is 0 Å². The third-order valence-corrected chi connectivity index (χ3v) is 4.24. The second kappa shape index (κ2) is 6.64. The van der Waals surface area contributed by atoms with Gasteiger partial charge in [0.05, 0.1) is 24.0 Å². The van der Waals surface area contributed by atoms with Crippen LogP contribution in [0.15, 0.2) is 18.2 Å². The summed E-state index contributed by atoms with van der Waals surface area (Å²) in [6.07, 6.45) is 7.57. The molecule has 1 saturated carbocycles. The molecule has 0 atom stereocenters. The molecule has 4 heteroatoms. The molecule has 2 rings (SSSR count). The van der Waals surface area contributed by atoms with Gasteiger partial charge in [0.2, 0.25) is 0 Å². The van der Waals surface area contributed by atoms with Crippen molar-refractivity contribution in [1.82, 2.24) is 0 Å². The predicted molar refractivity (Wildman–Crippen MR) is 82.1 cm³/mol. The van der Waals surface area contributed by atoms with Gasteiger partial charge in [-0.15, -0.1) is 0 Å². The molecule has 1 aromatic rings. The van der Waals surface area contributed by atoms with Gasteiger partial charge in [0.15, 0.2) is 0 Å². The Morgan fingerprint density at radius 1 is 1.25 bits per heavy atom. The van der Waals surface area contributed by atoms with Crippen LogP contribution >= 0.6 is 0 Å². The minimum Gasteiger partial charge on any atom is -0.465 e. The maximum absolute atomic E-state index is 11.7. The number of hydrogen-bond donors (Lipinski definition) is 1. The van der Waals surface area contributed by atoms with E-state index in [1.165, 1.54) is 45.6 Å². The normalized spacial score (nSPS) is 16.5. The van der Waals surface area contributed by atoms with Crippen molar-refractivity contribution in [2.45, 2.75) is 44.6 Å². The molecule has 0 bridgehead atoms. The summed E-state index contributed by atoms with van der Waals surface area (Å²) in [5.74, 6) is -0.376. The van der Waals surface area contributed by atoms with Gasteiger partial charge in [-0.2, -0.15) is 0 Å². The summed E-state index contributed by atoms with van der Waals surface area (Å²) < 4.78 is 4.78. The summed E-state index contributed by atoms with van der Waals surface area (Å²) in [6, 6.07) is 6.07. The van der Waals surface area contributed by atoms with Gasteiger partial charge in [0.25, 0.3) is 0 Å². The molecule has 0 saturated heterocycles. The topological polar surface area (TPSA) is 55.6 Å². The summed E-state index contributed by atoms with van der Waals surface area (Å²) in [6.45, 7) is 0.